The highest BCUT2D eigenvalue weighted by atomic mass is 32.2. The molecule has 11 heteroatoms. The van der Waals surface area contributed by atoms with Gasteiger partial charge in [0.15, 0.2) is 0 Å². The zero-order valence-electron chi connectivity index (χ0n) is 18.6. The third-order valence-electron chi connectivity index (χ3n) is 4.98. The Bertz CT molecular complexity index is 1190. The van der Waals surface area contributed by atoms with Crippen molar-refractivity contribution in [1.82, 2.24) is 14.8 Å². The summed E-state index contributed by atoms with van der Waals surface area (Å²) in [6.07, 6.45) is 1.58. The molecule has 180 valence electrons. The number of nitrogens with one attached hydrogen (secondary N) is 3. The Balaban J connectivity index is 1.65. The minimum Gasteiger partial charge on any atom is -0.377 e. The molecule has 1 amide bonds. The summed E-state index contributed by atoms with van der Waals surface area (Å²) in [6, 6.07) is 11.8. The van der Waals surface area contributed by atoms with Crippen molar-refractivity contribution in [3.63, 3.8) is 0 Å². The molecule has 1 unspecified atom stereocenters. The molecule has 0 bridgehead atoms. The smallest absolute Gasteiger partial charge is 0.251 e. The van der Waals surface area contributed by atoms with Crippen molar-refractivity contribution in [2.24, 2.45) is 0 Å². The lowest BCUT2D eigenvalue weighted by atomic mass is 10.2. The van der Waals surface area contributed by atoms with Gasteiger partial charge in [-0.05, 0) is 62.6 Å². The fourth-order valence-electron chi connectivity index (χ4n) is 3.38. The van der Waals surface area contributed by atoms with E-state index < -0.39 is 26.0 Å². The Morgan fingerprint density at radius 2 is 1.73 bits per heavy atom. The van der Waals surface area contributed by atoms with Crippen LogP contribution in [0.4, 0.5) is 0 Å². The van der Waals surface area contributed by atoms with E-state index in [1.165, 1.54) is 36.4 Å². The van der Waals surface area contributed by atoms with Gasteiger partial charge in [0.2, 0.25) is 20.0 Å². The summed E-state index contributed by atoms with van der Waals surface area (Å²) >= 11 is 0. The van der Waals surface area contributed by atoms with Gasteiger partial charge in [0.05, 0.1) is 15.9 Å². The molecule has 1 aliphatic rings. The average Bonchev–Trinajstić information content (AvgIpc) is 3.29. The van der Waals surface area contributed by atoms with Gasteiger partial charge < -0.3 is 10.1 Å². The monoisotopic (exact) mass is 495 g/mol. The van der Waals surface area contributed by atoms with Crippen LogP contribution in [0.15, 0.2) is 58.3 Å². The number of hydrogen-bond donors (Lipinski definition) is 3. The third kappa shape index (κ3) is 7.08. The van der Waals surface area contributed by atoms with Gasteiger partial charge in [-0.25, -0.2) is 26.3 Å². The van der Waals surface area contributed by atoms with E-state index in [9.17, 15) is 21.6 Å². The fourth-order valence-corrected chi connectivity index (χ4v) is 5.81. The van der Waals surface area contributed by atoms with E-state index in [4.69, 9.17) is 4.74 Å². The lowest BCUT2D eigenvalue weighted by molar-refractivity contribution is 0.0950. The van der Waals surface area contributed by atoms with E-state index in [2.05, 4.69) is 14.8 Å². The summed E-state index contributed by atoms with van der Waals surface area (Å²) in [5.74, 6) is -0.472. The van der Waals surface area contributed by atoms with Gasteiger partial charge in [-0.15, -0.1) is 0 Å². The molecule has 1 saturated heterocycles. The Kier molecular flexibility index (Phi) is 8.24. The van der Waals surface area contributed by atoms with E-state index >= 15 is 0 Å². The highest BCUT2D eigenvalue weighted by molar-refractivity contribution is 7.89. The second-order valence-corrected chi connectivity index (χ2v) is 11.6. The number of carbonyl (C=O) groups is 1. The van der Waals surface area contributed by atoms with Crippen molar-refractivity contribution < 1.29 is 26.4 Å². The molecular weight excluding hydrogens is 466 g/mol. The van der Waals surface area contributed by atoms with Crippen molar-refractivity contribution in [3.8, 4) is 0 Å². The van der Waals surface area contributed by atoms with Crippen LogP contribution in [0.2, 0.25) is 0 Å². The number of ether oxygens (including phenoxy) is 1. The molecule has 3 N–H and O–H groups in total. The van der Waals surface area contributed by atoms with Crippen LogP contribution < -0.4 is 14.8 Å². The van der Waals surface area contributed by atoms with Crippen molar-refractivity contribution in [3.05, 3.63) is 59.7 Å². The first-order valence-electron chi connectivity index (χ1n) is 10.7. The van der Waals surface area contributed by atoms with Crippen LogP contribution in [0.1, 0.15) is 42.6 Å². The van der Waals surface area contributed by atoms with Gasteiger partial charge in [0, 0.05) is 31.3 Å². The molecule has 9 nitrogen and oxygen atoms in total. The van der Waals surface area contributed by atoms with E-state index in [0.29, 0.717) is 12.2 Å². The number of sulfonamides is 2. The molecule has 1 aliphatic heterocycles. The molecule has 3 rings (SSSR count). The largest absolute Gasteiger partial charge is 0.377 e. The maximum absolute atomic E-state index is 12.6. The Morgan fingerprint density at radius 3 is 2.39 bits per heavy atom. The molecule has 33 heavy (non-hydrogen) atoms. The van der Waals surface area contributed by atoms with Crippen molar-refractivity contribution in [1.29, 1.82) is 0 Å². The second-order valence-electron chi connectivity index (χ2n) is 8.12. The third-order valence-corrected chi connectivity index (χ3v) is 8.06. The average molecular weight is 496 g/mol. The predicted molar refractivity (Wildman–Crippen MR) is 124 cm³/mol. The minimum atomic E-state index is -3.79. The maximum Gasteiger partial charge on any atom is 0.251 e. The van der Waals surface area contributed by atoms with Gasteiger partial charge in [-0.3, -0.25) is 4.79 Å². The lowest BCUT2D eigenvalue weighted by Gasteiger charge is -2.12. The van der Waals surface area contributed by atoms with Crippen molar-refractivity contribution in [2.45, 2.75) is 55.2 Å². The Hall–Kier alpha value is -2.31. The van der Waals surface area contributed by atoms with Crippen LogP contribution in [0.25, 0.3) is 0 Å². The van der Waals surface area contributed by atoms with E-state index in [1.54, 1.807) is 26.0 Å². The highest BCUT2D eigenvalue weighted by Gasteiger charge is 2.21. The number of rotatable bonds is 10. The zero-order chi connectivity index (χ0) is 24.1. The molecule has 0 spiro atoms. The lowest BCUT2D eigenvalue weighted by Crippen LogP contribution is -2.32. The van der Waals surface area contributed by atoms with Crippen molar-refractivity contribution >= 4 is 26.0 Å². The number of amides is 1. The number of carbonyl (C=O) groups excluding carboxylic acids is 1. The first-order chi connectivity index (χ1) is 15.6. The SMILES string of the molecule is CC(C)NS(=O)(=O)c1cccc(CNC(=O)c2cccc(S(=O)(=O)NCC3CCCO3)c2)c1. The molecule has 2 aromatic rings. The standard InChI is InChI=1S/C22H29N3O6S2/c1-16(2)25-33(29,30)20-9-3-6-17(12-20)14-23-22(26)18-7-4-10-21(13-18)32(27,28)24-15-19-8-5-11-31-19/h3-4,6-7,9-10,12-13,16,19,24-25H,5,8,11,14-15H2,1-2H3,(H,23,26). The normalized spacial score (nSPS) is 16.8. The zero-order valence-corrected chi connectivity index (χ0v) is 20.2. The van der Waals surface area contributed by atoms with Gasteiger partial charge in [-0.1, -0.05) is 18.2 Å². The van der Waals surface area contributed by atoms with Crippen LogP contribution in [0, 0.1) is 0 Å². The molecule has 1 fully saturated rings. The Labute approximate surface area is 195 Å². The molecule has 0 radical (unpaired) electrons. The molecule has 0 aliphatic carbocycles. The first kappa shape index (κ1) is 25.3. The predicted octanol–water partition coefficient (Wildman–Crippen LogP) is 1.76. The second kappa shape index (κ2) is 10.7. The topological polar surface area (TPSA) is 131 Å². The van der Waals surface area contributed by atoms with Crippen LogP contribution in [0.3, 0.4) is 0 Å². The summed E-state index contributed by atoms with van der Waals surface area (Å²) in [4.78, 5) is 12.7. The molecule has 2 aromatic carbocycles. The molecule has 1 heterocycles. The van der Waals surface area contributed by atoms with Crippen molar-refractivity contribution in [2.75, 3.05) is 13.2 Å². The molecule has 0 aromatic heterocycles. The van der Waals surface area contributed by atoms with Gasteiger partial charge in [-0.2, -0.15) is 0 Å². The summed E-state index contributed by atoms with van der Waals surface area (Å²) < 4.78 is 60.4. The number of benzene rings is 2. The van der Waals surface area contributed by atoms with Gasteiger partial charge in [0.1, 0.15) is 0 Å². The van der Waals surface area contributed by atoms with E-state index in [-0.39, 0.29) is 40.6 Å². The summed E-state index contributed by atoms with van der Waals surface area (Å²) in [6.45, 7) is 4.36. The summed E-state index contributed by atoms with van der Waals surface area (Å²) in [5.41, 5.74) is 0.775. The highest BCUT2D eigenvalue weighted by Crippen LogP contribution is 2.16. The first-order valence-corrected chi connectivity index (χ1v) is 13.6. The fraction of sp³-hybridized carbons (Fsp3) is 0.409. The molecule has 1 atom stereocenters. The quantitative estimate of drug-likeness (QED) is 0.460. The minimum absolute atomic E-state index is 0.0130. The maximum atomic E-state index is 12.6. The Morgan fingerprint density at radius 1 is 1.03 bits per heavy atom. The van der Waals surface area contributed by atoms with Crippen LogP contribution in [0.5, 0.6) is 0 Å². The van der Waals surface area contributed by atoms with Crippen LogP contribution in [-0.4, -0.2) is 48.0 Å². The molecule has 0 saturated carbocycles. The summed E-state index contributed by atoms with van der Waals surface area (Å²) in [7, 11) is -7.44. The van der Waals surface area contributed by atoms with Gasteiger partial charge >= 0.3 is 0 Å². The molecular formula is C22H29N3O6S2. The number of hydrogen-bond acceptors (Lipinski definition) is 6. The van der Waals surface area contributed by atoms with Crippen LogP contribution >= 0.6 is 0 Å². The summed E-state index contributed by atoms with van der Waals surface area (Å²) in [5, 5.41) is 2.70. The van der Waals surface area contributed by atoms with E-state index in [1.807, 2.05) is 0 Å². The van der Waals surface area contributed by atoms with E-state index in [0.717, 1.165) is 12.8 Å². The van der Waals surface area contributed by atoms with Crippen LogP contribution in [-0.2, 0) is 31.3 Å². The van der Waals surface area contributed by atoms with Gasteiger partial charge in [0.25, 0.3) is 5.91 Å².